The summed E-state index contributed by atoms with van der Waals surface area (Å²) in [5.41, 5.74) is 0. The second-order valence-corrected chi connectivity index (χ2v) is 4.76. The zero-order valence-electron chi connectivity index (χ0n) is 11.0. The molecule has 0 bridgehead atoms. The Hall–Kier alpha value is -0.573. The molecular weight excluding hydrogens is 130 g/mol. The molecule has 0 radical (unpaired) electrons. The molecule has 0 aliphatic heterocycles. The van der Waals surface area contributed by atoms with Crippen LogP contribution in [-0.4, -0.2) is 13.1 Å². The number of rotatable bonds is 1. The van der Waals surface area contributed by atoms with Gasteiger partial charge in [-0.05, 0) is 0 Å². The Kier molecular flexibility index (Phi) is 0.493. The van der Waals surface area contributed by atoms with Crippen molar-refractivity contribution in [1.82, 2.24) is 4.98 Å². The van der Waals surface area contributed by atoms with Gasteiger partial charge < -0.3 is 4.42 Å². The highest BCUT2D eigenvalue weighted by molar-refractivity contribution is 6.88. The van der Waals surface area contributed by atoms with Gasteiger partial charge in [0.05, 0.1) is 5.32 Å². The molecule has 50 valence electrons. The van der Waals surface area contributed by atoms with E-state index in [0.717, 1.165) is 12.7 Å². The third-order valence-corrected chi connectivity index (χ3v) is 2.22. The van der Waals surface area contributed by atoms with Crippen molar-refractivity contribution in [2.45, 2.75) is 19.5 Å². The summed E-state index contributed by atoms with van der Waals surface area (Å²) in [6.45, 7) is -3.78. The first-order valence-corrected chi connectivity index (χ1v) is 4.99. The molecule has 0 aliphatic carbocycles. The number of hydrogen-bond donors (Lipinski definition) is 0. The zero-order valence-corrected chi connectivity index (χ0v) is 6.01. The Balaban J connectivity index is 3.33. The van der Waals surface area contributed by atoms with Gasteiger partial charge in [0.15, 0.2) is 6.39 Å². The smallest absolute Gasteiger partial charge is 0.180 e. The SMILES string of the molecule is [2H]C([2H])([2H])[Si](C)(c1cocn1)C([2H])([2H])[2H]. The van der Waals surface area contributed by atoms with Crippen LogP contribution in [0.3, 0.4) is 0 Å². The Morgan fingerprint density at radius 3 is 3.00 bits per heavy atom. The molecule has 0 spiro atoms. The lowest BCUT2D eigenvalue weighted by Gasteiger charge is -2.09. The van der Waals surface area contributed by atoms with Gasteiger partial charge in [-0.2, -0.15) is 0 Å². The van der Waals surface area contributed by atoms with E-state index < -0.39 is 21.0 Å². The summed E-state index contributed by atoms with van der Waals surface area (Å²) in [7, 11) is -3.68. The molecule has 0 amide bonds. The minimum Gasteiger partial charge on any atom is -0.452 e. The Morgan fingerprint density at radius 2 is 2.56 bits per heavy atom. The van der Waals surface area contributed by atoms with Crippen molar-refractivity contribution >= 4 is 13.4 Å². The highest BCUT2D eigenvalue weighted by Gasteiger charge is 2.18. The molecule has 0 N–H and O–H groups in total. The van der Waals surface area contributed by atoms with E-state index in [9.17, 15) is 0 Å². The molecule has 0 unspecified atom stereocenters. The van der Waals surface area contributed by atoms with Crippen molar-refractivity contribution in [3.05, 3.63) is 12.7 Å². The van der Waals surface area contributed by atoms with Crippen LogP contribution in [0.5, 0.6) is 0 Å². The monoisotopic (exact) mass is 147 g/mol. The maximum Gasteiger partial charge on any atom is 0.180 e. The van der Waals surface area contributed by atoms with Crippen molar-refractivity contribution in [1.29, 1.82) is 0 Å². The van der Waals surface area contributed by atoms with Crippen molar-refractivity contribution in [2.75, 3.05) is 0 Å². The van der Waals surface area contributed by atoms with Gasteiger partial charge in [0, 0.05) is 8.22 Å². The molecule has 1 rings (SSSR count). The molecule has 0 fully saturated rings. The van der Waals surface area contributed by atoms with E-state index in [1.54, 1.807) is 0 Å². The number of aromatic nitrogens is 1. The van der Waals surface area contributed by atoms with Crippen molar-refractivity contribution in [3.63, 3.8) is 0 Å². The normalized spacial score (nSPS) is 24.6. The van der Waals surface area contributed by atoms with Gasteiger partial charge in [-0.15, -0.1) is 0 Å². The Morgan fingerprint density at radius 1 is 1.78 bits per heavy atom. The topological polar surface area (TPSA) is 26.0 Å². The maximum atomic E-state index is 7.37. The number of oxazole rings is 1. The summed E-state index contributed by atoms with van der Waals surface area (Å²) >= 11 is 0. The van der Waals surface area contributed by atoms with Gasteiger partial charge in [0.1, 0.15) is 14.3 Å². The van der Waals surface area contributed by atoms with Gasteiger partial charge >= 0.3 is 0 Å². The average Bonchev–Trinajstić information content (AvgIpc) is 2.49. The molecule has 1 aromatic rings. The average molecular weight is 147 g/mol. The minimum absolute atomic E-state index is 0.0579. The van der Waals surface area contributed by atoms with Gasteiger partial charge in [-0.1, -0.05) is 19.5 Å². The van der Waals surface area contributed by atoms with E-state index >= 15 is 0 Å². The molecule has 0 aliphatic rings. The second kappa shape index (κ2) is 1.99. The van der Waals surface area contributed by atoms with Crippen LogP contribution in [0.15, 0.2) is 17.1 Å². The van der Waals surface area contributed by atoms with Crippen LogP contribution in [0, 0.1) is 0 Å². The standard InChI is InChI=1S/C6H11NOSi/c1-9(2,3)6-4-8-5-7-6/h4-5H,1-3H3/i1D3,2D3. The van der Waals surface area contributed by atoms with Gasteiger partial charge in [-0.3, -0.25) is 0 Å². The first kappa shape index (κ1) is 2.23. The molecule has 1 heterocycles. The summed E-state index contributed by atoms with van der Waals surface area (Å²) in [6.07, 6.45) is 2.17. The molecule has 3 heteroatoms. The largest absolute Gasteiger partial charge is 0.452 e. The van der Waals surface area contributed by atoms with Gasteiger partial charge in [0.25, 0.3) is 0 Å². The van der Waals surface area contributed by atoms with Gasteiger partial charge in [0.2, 0.25) is 0 Å². The van der Waals surface area contributed by atoms with E-state index in [-0.39, 0.29) is 5.32 Å². The number of hydrogen-bond acceptors (Lipinski definition) is 2. The Bertz CT molecular complexity index is 314. The summed E-state index contributed by atoms with van der Waals surface area (Å²) in [5.74, 6) is 0. The lowest BCUT2D eigenvalue weighted by atomic mass is 11.0. The highest BCUT2D eigenvalue weighted by atomic mass is 28.3. The summed E-state index contributed by atoms with van der Waals surface area (Å²) < 4.78 is 48.9. The fraction of sp³-hybridized carbons (Fsp3) is 0.500. The first-order valence-electron chi connectivity index (χ1n) is 5.49. The van der Waals surface area contributed by atoms with Crippen LogP contribution in [0.2, 0.25) is 19.5 Å². The highest BCUT2D eigenvalue weighted by Crippen LogP contribution is 1.98. The molecule has 2 nitrogen and oxygen atoms in total. The molecule has 0 saturated carbocycles. The van der Waals surface area contributed by atoms with E-state index in [2.05, 4.69) is 9.40 Å². The zero-order chi connectivity index (χ0) is 11.9. The molecule has 9 heavy (non-hydrogen) atoms. The lowest BCUT2D eigenvalue weighted by Crippen LogP contribution is -2.38. The van der Waals surface area contributed by atoms with E-state index in [1.807, 2.05) is 0 Å². The van der Waals surface area contributed by atoms with Crippen molar-refractivity contribution < 1.29 is 12.6 Å². The Labute approximate surface area is 64.4 Å². The van der Waals surface area contributed by atoms with Gasteiger partial charge in [-0.25, -0.2) is 4.98 Å². The first-order chi connectivity index (χ1) is 6.61. The maximum absolute atomic E-state index is 7.37. The van der Waals surface area contributed by atoms with E-state index in [1.165, 1.54) is 6.55 Å². The van der Waals surface area contributed by atoms with E-state index in [0.29, 0.717) is 0 Å². The molecular formula is C6H11NOSi. The third kappa shape index (κ3) is 1.42. The minimum atomic E-state index is -3.68. The van der Waals surface area contributed by atoms with Crippen molar-refractivity contribution in [2.24, 2.45) is 0 Å². The summed E-state index contributed by atoms with van der Waals surface area (Å²) in [5, 5.41) is 0.0579. The summed E-state index contributed by atoms with van der Waals surface area (Å²) in [6, 6.07) is 0. The third-order valence-electron chi connectivity index (χ3n) is 0.945. The predicted octanol–water partition coefficient (Wildman–Crippen LogP) is 1.22. The molecule has 1 aromatic heterocycles. The predicted molar refractivity (Wildman–Crippen MR) is 39.5 cm³/mol. The second-order valence-electron chi connectivity index (χ2n) is 2.00. The molecule has 0 aromatic carbocycles. The van der Waals surface area contributed by atoms with Crippen LogP contribution >= 0.6 is 0 Å². The number of nitrogens with zero attached hydrogens (tertiary/aromatic N) is 1. The summed E-state index contributed by atoms with van der Waals surface area (Å²) in [4.78, 5) is 3.70. The van der Waals surface area contributed by atoms with Crippen LogP contribution in [0.4, 0.5) is 0 Å². The quantitative estimate of drug-likeness (QED) is 0.558. The van der Waals surface area contributed by atoms with Crippen LogP contribution in [0.25, 0.3) is 0 Å². The van der Waals surface area contributed by atoms with Crippen LogP contribution in [0.1, 0.15) is 8.22 Å². The fourth-order valence-electron chi connectivity index (χ4n) is 0.459. The van der Waals surface area contributed by atoms with Crippen LogP contribution in [-0.2, 0) is 0 Å². The van der Waals surface area contributed by atoms with Crippen molar-refractivity contribution in [3.8, 4) is 0 Å². The fourth-order valence-corrected chi connectivity index (χ4v) is 1.07. The molecule has 0 atom stereocenters. The molecule has 0 saturated heterocycles. The van der Waals surface area contributed by atoms with Crippen LogP contribution < -0.4 is 5.32 Å². The van der Waals surface area contributed by atoms with E-state index in [4.69, 9.17) is 8.22 Å². The lowest BCUT2D eigenvalue weighted by molar-refractivity contribution is 0.558.